The number of fused-ring (bicyclic) bond motifs is 1. The minimum Gasteiger partial charge on any atom is -0.385 e. The van der Waals surface area contributed by atoms with Gasteiger partial charge in [0.2, 0.25) is 5.78 Å². The fourth-order valence-electron chi connectivity index (χ4n) is 3.96. The third kappa shape index (κ3) is 3.18. The van der Waals surface area contributed by atoms with Crippen molar-refractivity contribution in [1.29, 1.82) is 0 Å². The summed E-state index contributed by atoms with van der Waals surface area (Å²) < 4.78 is 13.6. The van der Waals surface area contributed by atoms with Gasteiger partial charge in [0.1, 0.15) is 11.6 Å². The second-order valence-corrected chi connectivity index (χ2v) is 7.44. The lowest BCUT2D eigenvalue weighted by atomic mass is 9.93. The summed E-state index contributed by atoms with van der Waals surface area (Å²) in [7, 11) is 0. The molecule has 3 aromatic carbocycles. The summed E-state index contributed by atoms with van der Waals surface area (Å²) in [6.45, 7) is 0. The van der Waals surface area contributed by atoms with E-state index in [1.165, 1.54) is 24.3 Å². The van der Waals surface area contributed by atoms with Gasteiger partial charge in [0.25, 0.3) is 0 Å². The summed E-state index contributed by atoms with van der Waals surface area (Å²) >= 11 is 0. The smallest absolute Gasteiger partial charge is 0.209 e. The predicted molar refractivity (Wildman–Crippen MR) is 122 cm³/mol. The molecule has 0 aliphatic heterocycles. The molecule has 2 heterocycles. The number of aromatic amines is 2. The Labute approximate surface area is 182 Å². The van der Waals surface area contributed by atoms with Gasteiger partial charge in [-0.15, -0.1) is 0 Å². The number of nitrogen functional groups attached to an aromatic ring is 1. The molecule has 5 nitrogen and oxygen atoms in total. The average molecular weight is 423 g/mol. The summed E-state index contributed by atoms with van der Waals surface area (Å²) in [6, 6.07) is 21.8. The third-order valence-corrected chi connectivity index (χ3v) is 5.49. The molecule has 0 saturated carbocycles. The number of para-hydroxylation sites is 1. The second kappa shape index (κ2) is 7.67. The van der Waals surface area contributed by atoms with E-state index in [0.29, 0.717) is 22.3 Å². The van der Waals surface area contributed by atoms with Gasteiger partial charge in [-0.2, -0.15) is 0 Å². The highest BCUT2D eigenvalue weighted by Gasteiger charge is 2.29. The molecule has 4 N–H and O–H groups in total. The number of hydrogen-bond donors (Lipinski definition) is 3. The van der Waals surface area contributed by atoms with Crippen LogP contribution in [0.3, 0.4) is 0 Å². The summed E-state index contributed by atoms with van der Waals surface area (Å²) in [5.41, 5.74) is 9.20. The van der Waals surface area contributed by atoms with Gasteiger partial charge >= 0.3 is 0 Å². The Bertz CT molecular complexity index is 1460. The maximum atomic E-state index is 13.7. The Hall–Kier alpha value is -4.45. The second-order valence-electron chi connectivity index (χ2n) is 7.44. The maximum Gasteiger partial charge on any atom is 0.209 e. The van der Waals surface area contributed by atoms with Crippen LogP contribution in [0.4, 0.5) is 10.2 Å². The minimum absolute atomic E-state index is 0.0823. The van der Waals surface area contributed by atoms with Gasteiger partial charge < -0.3 is 15.7 Å². The topological polar surface area (TPSA) is 91.7 Å². The normalized spacial score (nSPS) is 11.0. The molecule has 0 radical (unpaired) electrons. The quantitative estimate of drug-likeness (QED) is 0.333. The summed E-state index contributed by atoms with van der Waals surface area (Å²) in [5, 5.41) is 0.749. The Morgan fingerprint density at radius 3 is 2.25 bits per heavy atom. The monoisotopic (exact) mass is 423 g/mol. The van der Waals surface area contributed by atoms with E-state index in [-0.39, 0.29) is 28.6 Å². The van der Waals surface area contributed by atoms with Crippen molar-refractivity contribution in [1.82, 2.24) is 9.97 Å². The number of hydrogen-bond acceptors (Lipinski definition) is 3. The van der Waals surface area contributed by atoms with Crippen molar-refractivity contribution in [3.05, 3.63) is 113 Å². The van der Waals surface area contributed by atoms with Crippen LogP contribution >= 0.6 is 0 Å². The molecule has 0 aliphatic rings. The Morgan fingerprint density at radius 1 is 0.812 bits per heavy atom. The zero-order valence-electron chi connectivity index (χ0n) is 16.9. The summed E-state index contributed by atoms with van der Waals surface area (Å²) in [4.78, 5) is 33.0. The number of halogens is 1. The van der Waals surface area contributed by atoms with Crippen LogP contribution in [-0.2, 0) is 0 Å². The van der Waals surface area contributed by atoms with E-state index in [1.54, 1.807) is 30.5 Å². The Morgan fingerprint density at radius 2 is 1.50 bits per heavy atom. The number of rotatable bonds is 5. The summed E-state index contributed by atoms with van der Waals surface area (Å²) in [6.07, 6.45) is 1.63. The number of H-pyrrole nitrogens is 2. The molecule has 156 valence electrons. The first-order chi connectivity index (χ1) is 15.5. The zero-order chi connectivity index (χ0) is 22.2. The van der Waals surface area contributed by atoms with Crippen molar-refractivity contribution in [2.75, 3.05) is 5.73 Å². The molecule has 0 saturated heterocycles. The van der Waals surface area contributed by atoms with Crippen LogP contribution in [0.2, 0.25) is 0 Å². The third-order valence-electron chi connectivity index (χ3n) is 5.49. The van der Waals surface area contributed by atoms with E-state index in [4.69, 9.17) is 5.73 Å². The number of aromatic nitrogens is 2. The molecule has 32 heavy (non-hydrogen) atoms. The van der Waals surface area contributed by atoms with E-state index in [0.717, 1.165) is 10.9 Å². The zero-order valence-corrected chi connectivity index (χ0v) is 16.9. The predicted octanol–water partition coefficient (Wildman–Crippen LogP) is 5.35. The molecule has 0 atom stereocenters. The highest BCUT2D eigenvalue weighted by Crippen LogP contribution is 2.36. The molecule has 6 heteroatoms. The van der Waals surface area contributed by atoms with Crippen LogP contribution in [-0.4, -0.2) is 21.5 Å². The first-order valence-electron chi connectivity index (χ1n) is 10.0. The first kappa shape index (κ1) is 19.5. The van der Waals surface area contributed by atoms with Crippen LogP contribution in [0.5, 0.6) is 0 Å². The largest absolute Gasteiger partial charge is 0.385 e. The van der Waals surface area contributed by atoms with Gasteiger partial charge in [-0.3, -0.25) is 9.59 Å². The van der Waals surface area contributed by atoms with Gasteiger partial charge in [0.15, 0.2) is 5.78 Å². The molecule has 0 spiro atoms. The van der Waals surface area contributed by atoms with E-state index >= 15 is 0 Å². The van der Waals surface area contributed by atoms with E-state index in [9.17, 15) is 14.0 Å². The van der Waals surface area contributed by atoms with Crippen LogP contribution in [0.25, 0.3) is 22.0 Å². The number of benzene rings is 3. The Kier molecular flexibility index (Phi) is 4.67. The fraction of sp³-hybridized carbons (Fsp3) is 0. The molecule has 0 aliphatic carbocycles. The van der Waals surface area contributed by atoms with Crippen molar-refractivity contribution in [3.8, 4) is 11.1 Å². The molecular formula is C26H18FN3O2. The molecule has 5 rings (SSSR count). The van der Waals surface area contributed by atoms with Gasteiger partial charge in [-0.25, -0.2) is 4.39 Å². The van der Waals surface area contributed by atoms with Crippen molar-refractivity contribution in [2.24, 2.45) is 0 Å². The molecule has 0 unspecified atom stereocenters. The van der Waals surface area contributed by atoms with Gasteiger partial charge in [0.05, 0.1) is 11.3 Å². The van der Waals surface area contributed by atoms with E-state index in [2.05, 4.69) is 9.97 Å². The Balaban J connectivity index is 1.74. The van der Waals surface area contributed by atoms with Crippen molar-refractivity contribution >= 4 is 28.3 Å². The standard InChI is InChI=1S/C26H18FN3O2/c27-17-12-10-15(11-13-17)21-22(25(32)19-14-29-20-9-5-4-8-18(19)20)26(28)30-23(21)24(31)16-6-2-1-3-7-16/h1-14,29-30H,28H2. The lowest BCUT2D eigenvalue weighted by Crippen LogP contribution is -2.06. The van der Waals surface area contributed by atoms with Crippen LogP contribution in [0, 0.1) is 5.82 Å². The van der Waals surface area contributed by atoms with Crippen molar-refractivity contribution in [2.45, 2.75) is 0 Å². The van der Waals surface area contributed by atoms with Crippen molar-refractivity contribution < 1.29 is 14.0 Å². The molecule has 2 aromatic heterocycles. The average Bonchev–Trinajstić information content (AvgIpc) is 3.40. The number of anilines is 1. The van der Waals surface area contributed by atoms with Gasteiger partial charge in [-0.05, 0) is 23.8 Å². The minimum atomic E-state index is -0.419. The molecule has 5 aromatic rings. The van der Waals surface area contributed by atoms with Gasteiger partial charge in [0, 0.05) is 33.8 Å². The SMILES string of the molecule is Nc1[nH]c(C(=O)c2ccccc2)c(-c2ccc(F)cc2)c1C(=O)c1c[nH]c2ccccc12. The number of carbonyl (C=O) groups is 2. The number of carbonyl (C=O) groups excluding carboxylic acids is 2. The number of ketones is 2. The van der Waals surface area contributed by atoms with E-state index in [1.807, 2.05) is 30.3 Å². The van der Waals surface area contributed by atoms with Crippen molar-refractivity contribution in [3.63, 3.8) is 0 Å². The first-order valence-corrected chi connectivity index (χ1v) is 10.0. The fourth-order valence-corrected chi connectivity index (χ4v) is 3.96. The molecule has 0 fully saturated rings. The highest BCUT2D eigenvalue weighted by molar-refractivity contribution is 6.24. The van der Waals surface area contributed by atoms with Gasteiger partial charge in [-0.1, -0.05) is 60.7 Å². The van der Waals surface area contributed by atoms with E-state index < -0.39 is 5.82 Å². The molecule has 0 amide bonds. The summed E-state index contributed by atoms with van der Waals surface area (Å²) in [5.74, 6) is -0.978. The number of nitrogens with one attached hydrogen (secondary N) is 2. The molecular weight excluding hydrogens is 405 g/mol. The maximum absolute atomic E-state index is 13.7. The highest BCUT2D eigenvalue weighted by atomic mass is 19.1. The lowest BCUT2D eigenvalue weighted by Gasteiger charge is -2.08. The van der Waals surface area contributed by atoms with Crippen LogP contribution < -0.4 is 5.73 Å². The number of nitrogens with two attached hydrogens (primary N) is 1. The lowest BCUT2D eigenvalue weighted by molar-refractivity contribution is 0.103. The van der Waals surface area contributed by atoms with Crippen LogP contribution in [0.1, 0.15) is 32.0 Å². The molecule has 0 bridgehead atoms. The van der Waals surface area contributed by atoms with Crippen LogP contribution in [0.15, 0.2) is 85.1 Å².